The first-order valence-corrected chi connectivity index (χ1v) is 5.77. The summed E-state index contributed by atoms with van der Waals surface area (Å²) >= 11 is 1.74. The van der Waals surface area contributed by atoms with Crippen LogP contribution in [0.4, 0.5) is 5.69 Å². The molecule has 1 aromatic carbocycles. The molecule has 2 aromatic rings. The van der Waals surface area contributed by atoms with Gasteiger partial charge in [-0.1, -0.05) is 12.1 Å². The van der Waals surface area contributed by atoms with Crippen LogP contribution in [0.1, 0.15) is 15.4 Å². The summed E-state index contributed by atoms with van der Waals surface area (Å²) in [4.78, 5) is 5.50. The van der Waals surface area contributed by atoms with Gasteiger partial charge in [-0.15, -0.1) is 11.3 Å². The molecular weight excluding hydrogens is 204 g/mol. The number of aromatic nitrogens is 1. The van der Waals surface area contributed by atoms with Crippen molar-refractivity contribution in [3.05, 3.63) is 45.9 Å². The molecule has 0 atom stereocenters. The van der Waals surface area contributed by atoms with Gasteiger partial charge in [0.05, 0.1) is 11.6 Å². The van der Waals surface area contributed by atoms with Gasteiger partial charge < -0.3 is 5.32 Å². The molecule has 0 aliphatic carbocycles. The lowest BCUT2D eigenvalue weighted by Crippen LogP contribution is -1.97. The number of hydrogen-bond donors (Lipinski definition) is 1. The molecule has 0 saturated carbocycles. The van der Waals surface area contributed by atoms with Gasteiger partial charge in [0.25, 0.3) is 0 Å². The van der Waals surface area contributed by atoms with E-state index in [9.17, 15) is 0 Å². The van der Waals surface area contributed by atoms with E-state index >= 15 is 0 Å². The van der Waals surface area contributed by atoms with Crippen LogP contribution in [0.15, 0.2) is 30.5 Å². The van der Waals surface area contributed by atoms with Gasteiger partial charge in [-0.2, -0.15) is 0 Å². The Morgan fingerprint density at radius 3 is 2.87 bits per heavy atom. The largest absolute Gasteiger partial charge is 0.380 e. The van der Waals surface area contributed by atoms with Crippen molar-refractivity contribution >= 4 is 17.0 Å². The van der Waals surface area contributed by atoms with E-state index < -0.39 is 0 Å². The van der Waals surface area contributed by atoms with E-state index in [1.165, 1.54) is 16.1 Å². The molecular formula is C12H14N2S. The lowest BCUT2D eigenvalue weighted by atomic mass is 10.2. The normalized spacial score (nSPS) is 10.3. The first-order valence-electron chi connectivity index (χ1n) is 4.96. The molecule has 0 saturated heterocycles. The third kappa shape index (κ3) is 2.80. The molecule has 1 heterocycles. The Balaban J connectivity index is 1.99. The Labute approximate surface area is 94.0 Å². The lowest BCUT2D eigenvalue weighted by Gasteiger charge is -2.04. The number of benzene rings is 1. The minimum Gasteiger partial charge on any atom is -0.380 e. The summed E-state index contributed by atoms with van der Waals surface area (Å²) in [5, 5.41) is 4.51. The van der Waals surface area contributed by atoms with Crippen molar-refractivity contribution < 1.29 is 0 Å². The second-order valence-electron chi connectivity index (χ2n) is 3.57. The third-order valence-electron chi connectivity index (χ3n) is 2.15. The lowest BCUT2D eigenvalue weighted by molar-refractivity contribution is 1.17. The van der Waals surface area contributed by atoms with E-state index in [1.54, 1.807) is 11.3 Å². The summed E-state index contributed by atoms with van der Waals surface area (Å²) in [5.41, 5.74) is 2.45. The molecule has 0 spiro atoms. The van der Waals surface area contributed by atoms with E-state index in [0.717, 1.165) is 11.6 Å². The zero-order valence-corrected chi connectivity index (χ0v) is 9.77. The molecule has 1 aromatic heterocycles. The van der Waals surface area contributed by atoms with Crippen molar-refractivity contribution in [2.45, 2.75) is 20.4 Å². The SMILES string of the molecule is Cc1cccc(NCc2cnc(C)s2)c1. The molecule has 15 heavy (non-hydrogen) atoms. The minimum atomic E-state index is 0.856. The number of nitrogens with zero attached hydrogens (tertiary/aromatic N) is 1. The van der Waals surface area contributed by atoms with Gasteiger partial charge >= 0.3 is 0 Å². The van der Waals surface area contributed by atoms with Crippen LogP contribution in [-0.2, 0) is 6.54 Å². The average Bonchev–Trinajstić information content (AvgIpc) is 2.62. The molecule has 0 amide bonds. The monoisotopic (exact) mass is 218 g/mol. The Bertz CT molecular complexity index is 448. The molecule has 0 aliphatic rings. The van der Waals surface area contributed by atoms with E-state index in [0.29, 0.717) is 0 Å². The van der Waals surface area contributed by atoms with Gasteiger partial charge in [-0.3, -0.25) is 0 Å². The third-order valence-corrected chi connectivity index (χ3v) is 3.07. The van der Waals surface area contributed by atoms with Gasteiger partial charge in [-0.05, 0) is 31.5 Å². The van der Waals surface area contributed by atoms with Crippen LogP contribution in [0.3, 0.4) is 0 Å². The van der Waals surface area contributed by atoms with Crippen LogP contribution in [-0.4, -0.2) is 4.98 Å². The molecule has 0 bridgehead atoms. The maximum Gasteiger partial charge on any atom is 0.0897 e. The highest BCUT2D eigenvalue weighted by atomic mass is 32.1. The van der Waals surface area contributed by atoms with Crippen molar-refractivity contribution in [3.63, 3.8) is 0 Å². The Morgan fingerprint density at radius 1 is 1.33 bits per heavy atom. The fourth-order valence-electron chi connectivity index (χ4n) is 1.43. The zero-order valence-electron chi connectivity index (χ0n) is 8.95. The number of nitrogens with one attached hydrogen (secondary N) is 1. The maximum atomic E-state index is 4.22. The van der Waals surface area contributed by atoms with E-state index in [-0.39, 0.29) is 0 Å². The fraction of sp³-hybridized carbons (Fsp3) is 0.250. The zero-order chi connectivity index (χ0) is 10.7. The van der Waals surface area contributed by atoms with Crippen molar-refractivity contribution in [2.75, 3.05) is 5.32 Å². The topological polar surface area (TPSA) is 24.9 Å². The second-order valence-corrected chi connectivity index (χ2v) is 4.89. The predicted octanol–water partition coefficient (Wildman–Crippen LogP) is 3.37. The van der Waals surface area contributed by atoms with Gasteiger partial charge in [0, 0.05) is 16.8 Å². The highest BCUT2D eigenvalue weighted by Gasteiger charge is 1.97. The quantitative estimate of drug-likeness (QED) is 0.854. The summed E-state index contributed by atoms with van der Waals surface area (Å²) in [6.07, 6.45) is 1.93. The van der Waals surface area contributed by atoms with Crippen LogP contribution in [0.5, 0.6) is 0 Å². The van der Waals surface area contributed by atoms with Crippen LogP contribution < -0.4 is 5.32 Å². The van der Waals surface area contributed by atoms with Crippen LogP contribution in [0.25, 0.3) is 0 Å². The fourth-order valence-corrected chi connectivity index (χ4v) is 2.17. The van der Waals surface area contributed by atoms with E-state index in [1.807, 2.05) is 13.1 Å². The number of anilines is 1. The highest BCUT2D eigenvalue weighted by Crippen LogP contribution is 2.15. The van der Waals surface area contributed by atoms with Gasteiger partial charge in [-0.25, -0.2) is 4.98 Å². The van der Waals surface area contributed by atoms with Crippen molar-refractivity contribution in [3.8, 4) is 0 Å². The Kier molecular flexibility index (Phi) is 3.02. The Hall–Kier alpha value is -1.35. The average molecular weight is 218 g/mol. The molecule has 1 N–H and O–H groups in total. The van der Waals surface area contributed by atoms with E-state index in [4.69, 9.17) is 0 Å². The van der Waals surface area contributed by atoms with E-state index in [2.05, 4.69) is 41.5 Å². The summed E-state index contributed by atoms with van der Waals surface area (Å²) in [6.45, 7) is 4.98. The highest BCUT2D eigenvalue weighted by molar-refractivity contribution is 7.11. The smallest absolute Gasteiger partial charge is 0.0897 e. The first-order chi connectivity index (χ1) is 7.24. The molecule has 3 heteroatoms. The van der Waals surface area contributed by atoms with Gasteiger partial charge in [0.1, 0.15) is 0 Å². The standard InChI is InChI=1S/C12H14N2S/c1-9-4-3-5-11(6-9)14-8-12-7-13-10(2)15-12/h3-7,14H,8H2,1-2H3. The second kappa shape index (κ2) is 4.45. The molecule has 0 unspecified atom stereocenters. The minimum absolute atomic E-state index is 0.856. The summed E-state index contributed by atoms with van der Waals surface area (Å²) in [5.74, 6) is 0. The predicted molar refractivity (Wildman–Crippen MR) is 65.4 cm³/mol. The molecule has 2 rings (SSSR count). The molecule has 78 valence electrons. The van der Waals surface area contributed by atoms with Crippen molar-refractivity contribution in [2.24, 2.45) is 0 Å². The number of thiazole rings is 1. The van der Waals surface area contributed by atoms with Gasteiger partial charge in [0.2, 0.25) is 0 Å². The Morgan fingerprint density at radius 2 is 2.20 bits per heavy atom. The first kappa shape index (κ1) is 10.2. The maximum absolute atomic E-state index is 4.22. The van der Waals surface area contributed by atoms with Crippen LogP contribution in [0, 0.1) is 13.8 Å². The molecule has 0 radical (unpaired) electrons. The summed E-state index contributed by atoms with van der Waals surface area (Å²) < 4.78 is 0. The molecule has 0 fully saturated rings. The number of hydrogen-bond acceptors (Lipinski definition) is 3. The number of aryl methyl sites for hydroxylation is 2. The number of rotatable bonds is 3. The van der Waals surface area contributed by atoms with Crippen molar-refractivity contribution in [1.29, 1.82) is 0 Å². The summed E-state index contributed by atoms with van der Waals surface area (Å²) in [6, 6.07) is 8.40. The van der Waals surface area contributed by atoms with Gasteiger partial charge in [0.15, 0.2) is 0 Å². The van der Waals surface area contributed by atoms with Crippen molar-refractivity contribution in [1.82, 2.24) is 4.98 Å². The van der Waals surface area contributed by atoms with Crippen LogP contribution >= 0.6 is 11.3 Å². The summed E-state index contributed by atoms with van der Waals surface area (Å²) in [7, 11) is 0. The molecule has 0 aliphatic heterocycles. The van der Waals surface area contributed by atoms with Crippen LogP contribution in [0.2, 0.25) is 0 Å². The molecule has 2 nitrogen and oxygen atoms in total.